The minimum Gasteiger partial charge on any atom is -0.494 e. The summed E-state index contributed by atoms with van der Waals surface area (Å²) in [5, 5.41) is 8.59. The molecule has 1 saturated heterocycles. The van der Waals surface area contributed by atoms with Crippen molar-refractivity contribution in [1.29, 1.82) is 0 Å². The molecule has 2 aromatic rings. The third-order valence-electron chi connectivity index (χ3n) is 4.48. The largest absolute Gasteiger partial charge is 0.494 e. The first-order valence-corrected chi connectivity index (χ1v) is 10.1. The number of hydrogen-bond donors (Lipinski definition) is 2. The number of nitrogens with one attached hydrogen (secondary N) is 2. The average Bonchev–Trinajstić information content (AvgIpc) is 3.23. The van der Waals surface area contributed by atoms with E-state index in [9.17, 15) is 0 Å². The second-order valence-corrected chi connectivity index (χ2v) is 7.73. The molecule has 1 fully saturated rings. The Morgan fingerprint density at radius 3 is 2.92 bits per heavy atom. The number of likely N-dealkylation sites (tertiary alicyclic amines) is 1. The van der Waals surface area contributed by atoms with Gasteiger partial charge in [-0.05, 0) is 12.8 Å². The Kier molecular flexibility index (Phi) is 4.51. The summed E-state index contributed by atoms with van der Waals surface area (Å²) in [6.07, 6.45) is 7.49. The Hall–Kier alpha value is -1.51. The molecule has 2 aromatic heterocycles. The quantitative estimate of drug-likeness (QED) is 0.800. The highest BCUT2D eigenvalue weighted by atomic mass is 32.2. The lowest BCUT2D eigenvalue weighted by Crippen LogP contribution is -2.60. The van der Waals surface area contributed by atoms with E-state index < -0.39 is 5.79 Å². The van der Waals surface area contributed by atoms with Gasteiger partial charge in [0.25, 0.3) is 0 Å². The molecule has 0 saturated carbocycles. The van der Waals surface area contributed by atoms with Gasteiger partial charge in [-0.15, -0.1) is 11.3 Å². The van der Waals surface area contributed by atoms with Gasteiger partial charge >= 0.3 is 0 Å². The Bertz CT molecular complexity index is 733. The SMILES string of the molecule is COC1=CNC(CSc2nc3cscc3[nH]2)(N2CCCCC2)N=C1. The molecule has 0 bridgehead atoms. The minimum absolute atomic E-state index is 0.424. The Morgan fingerprint density at radius 2 is 2.21 bits per heavy atom. The number of thiophene rings is 1. The molecule has 1 atom stereocenters. The fourth-order valence-corrected chi connectivity index (χ4v) is 4.83. The zero-order valence-corrected chi connectivity index (χ0v) is 15.3. The zero-order valence-electron chi connectivity index (χ0n) is 13.6. The van der Waals surface area contributed by atoms with E-state index in [1.54, 1.807) is 30.2 Å². The number of imidazole rings is 1. The number of aromatic amines is 1. The van der Waals surface area contributed by atoms with Gasteiger partial charge in [-0.25, -0.2) is 9.98 Å². The monoisotopic (exact) mass is 363 g/mol. The molecule has 4 heterocycles. The standard InChI is InChI=1S/C16H21N5OS2/c1-22-12-7-17-16(18-8-12,21-5-3-2-4-6-21)11-24-15-19-13-9-23-10-14(13)20-15/h7-10,17H,2-6,11H2,1H3,(H,19,20). The second kappa shape index (κ2) is 6.78. The van der Waals surface area contributed by atoms with Crippen molar-refractivity contribution in [2.75, 3.05) is 26.0 Å². The van der Waals surface area contributed by atoms with E-state index in [1.807, 2.05) is 12.4 Å². The minimum atomic E-state index is -0.424. The van der Waals surface area contributed by atoms with E-state index in [0.717, 1.165) is 40.8 Å². The van der Waals surface area contributed by atoms with E-state index in [4.69, 9.17) is 9.73 Å². The number of ether oxygens (including phenoxy) is 1. The van der Waals surface area contributed by atoms with Crippen molar-refractivity contribution in [3.8, 4) is 0 Å². The third kappa shape index (κ3) is 3.05. The number of aromatic nitrogens is 2. The van der Waals surface area contributed by atoms with Crippen molar-refractivity contribution in [3.63, 3.8) is 0 Å². The van der Waals surface area contributed by atoms with Gasteiger partial charge in [0, 0.05) is 30.0 Å². The molecule has 0 radical (unpaired) electrons. The zero-order chi connectivity index (χ0) is 16.4. The van der Waals surface area contributed by atoms with E-state index in [1.165, 1.54) is 19.3 Å². The maximum absolute atomic E-state index is 5.27. The topological polar surface area (TPSA) is 65.5 Å². The average molecular weight is 364 g/mol. The smallest absolute Gasteiger partial charge is 0.196 e. The predicted octanol–water partition coefficient (Wildman–Crippen LogP) is 3.02. The lowest BCUT2D eigenvalue weighted by molar-refractivity contribution is 0.0715. The van der Waals surface area contributed by atoms with Crippen LogP contribution in [0.2, 0.25) is 0 Å². The van der Waals surface area contributed by atoms with E-state index >= 15 is 0 Å². The molecule has 24 heavy (non-hydrogen) atoms. The summed E-state index contributed by atoms with van der Waals surface area (Å²) in [4.78, 5) is 15.3. The van der Waals surface area contributed by atoms with Gasteiger partial charge in [0.2, 0.25) is 0 Å². The Morgan fingerprint density at radius 1 is 1.33 bits per heavy atom. The number of thioether (sulfide) groups is 1. The van der Waals surface area contributed by atoms with Crippen molar-refractivity contribution in [1.82, 2.24) is 20.2 Å². The van der Waals surface area contributed by atoms with Crippen LogP contribution < -0.4 is 5.32 Å². The van der Waals surface area contributed by atoms with Crippen LogP contribution >= 0.6 is 23.1 Å². The molecule has 0 aliphatic carbocycles. The van der Waals surface area contributed by atoms with Gasteiger partial charge < -0.3 is 15.0 Å². The second-order valence-electron chi connectivity index (χ2n) is 6.02. The van der Waals surface area contributed by atoms with E-state index in [0.29, 0.717) is 0 Å². The highest BCUT2D eigenvalue weighted by Crippen LogP contribution is 2.30. The van der Waals surface area contributed by atoms with Crippen LogP contribution in [0.25, 0.3) is 11.0 Å². The van der Waals surface area contributed by atoms with E-state index in [2.05, 4.69) is 30.9 Å². The highest BCUT2D eigenvalue weighted by Gasteiger charge is 2.38. The first-order chi connectivity index (χ1) is 11.8. The molecule has 4 rings (SSSR count). The molecule has 2 N–H and O–H groups in total. The molecule has 6 nitrogen and oxygen atoms in total. The first-order valence-electron chi connectivity index (χ1n) is 8.16. The summed E-state index contributed by atoms with van der Waals surface area (Å²) in [5.41, 5.74) is 2.15. The normalized spacial score (nSPS) is 24.8. The van der Waals surface area contributed by atoms with Crippen molar-refractivity contribution in [3.05, 3.63) is 22.7 Å². The van der Waals surface area contributed by atoms with E-state index in [-0.39, 0.29) is 0 Å². The lowest BCUT2D eigenvalue weighted by Gasteiger charge is -2.43. The van der Waals surface area contributed by atoms with Gasteiger partial charge in [-0.3, -0.25) is 4.90 Å². The number of methoxy groups -OCH3 is 1. The number of fused-ring (bicyclic) bond motifs is 1. The van der Waals surface area contributed by atoms with Crippen molar-refractivity contribution < 1.29 is 4.74 Å². The maximum atomic E-state index is 5.27. The molecule has 1 unspecified atom stereocenters. The molecular formula is C16H21N5OS2. The lowest BCUT2D eigenvalue weighted by atomic mass is 10.1. The molecule has 2 aliphatic heterocycles. The number of hydrogen-bond acceptors (Lipinski definition) is 7. The Labute approximate surface area is 149 Å². The van der Waals surface area contributed by atoms with Crippen molar-refractivity contribution in [2.45, 2.75) is 30.2 Å². The predicted molar refractivity (Wildman–Crippen MR) is 99.6 cm³/mol. The summed E-state index contributed by atoms with van der Waals surface area (Å²) in [6.45, 7) is 2.13. The van der Waals surface area contributed by atoms with Gasteiger partial charge in [0.1, 0.15) is 5.52 Å². The van der Waals surface area contributed by atoms with Crippen LogP contribution in [-0.2, 0) is 4.74 Å². The third-order valence-corrected chi connectivity index (χ3v) is 6.23. The van der Waals surface area contributed by atoms with Crippen LogP contribution in [0.15, 0.2) is 32.9 Å². The summed E-state index contributed by atoms with van der Waals surface area (Å²) in [7, 11) is 1.66. The summed E-state index contributed by atoms with van der Waals surface area (Å²) in [5.74, 6) is 1.12. The van der Waals surface area contributed by atoms with Gasteiger partial charge in [0.15, 0.2) is 16.7 Å². The van der Waals surface area contributed by atoms with Gasteiger partial charge in [-0.2, -0.15) is 0 Å². The maximum Gasteiger partial charge on any atom is 0.196 e. The fourth-order valence-electron chi connectivity index (χ4n) is 3.11. The van der Waals surface area contributed by atoms with Crippen molar-refractivity contribution in [2.24, 2.45) is 4.99 Å². The molecule has 0 aromatic carbocycles. The number of allylic oxidation sites excluding steroid dienone is 1. The van der Waals surface area contributed by atoms with Crippen LogP contribution in [0, 0.1) is 0 Å². The van der Waals surface area contributed by atoms with Crippen LogP contribution in [0.1, 0.15) is 19.3 Å². The number of nitrogens with zero attached hydrogens (tertiary/aromatic N) is 3. The molecule has 128 valence electrons. The molecule has 2 aliphatic rings. The number of aliphatic imine (C=N–C) groups is 1. The van der Waals surface area contributed by atoms with Gasteiger partial charge in [0.05, 0.1) is 24.6 Å². The van der Waals surface area contributed by atoms with Crippen LogP contribution in [0.4, 0.5) is 0 Å². The molecule has 0 amide bonds. The first kappa shape index (κ1) is 16.0. The number of piperidine rings is 1. The molecular weight excluding hydrogens is 342 g/mol. The van der Waals surface area contributed by atoms with Crippen LogP contribution in [-0.4, -0.2) is 52.8 Å². The molecule has 0 spiro atoms. The Balaban J connectivity index is 1.52. The number of H-pyrrole nitrogens is 1. The van der Waals surface area contributed by atoms with Gasteiger partial charge in [-0.1, -0.05) is 18.2 Å². The highest BCUT2D eigenvalue weighted by molar-refractivity contribution is 7.99. The van der Waals surface area contributed by atoms with Crippen LogP contribution in [0.5, 0.6) is 0 Å². The molecule has 8 heteroatoms. The number of rotatable bonds is 5. The summed E-state index contributed by atoms with van der Waals surface area (Å²) < 4.78 is 5.27. The van der Waals surface area contributed by atoms with Crippen LogP contribution in [0.3, 0.4) is 0 Å². The summed E-state index contributed by atoms with van der Waals surface area (Å²) >= 11 is 3.38. The fraction of sp³-hybridized carbons (Fsp3) is 0.500. The van der Waals surface area contributed by atoms with Crippen molar-refractivity contribution >= 4 is 40.3 Å². The summed E-state index contributed by atoms with van der Waals surface area (Å²) in [6, 6.07) is 0.